The lowest BCUT2D eigenvalue weighted by Gasteiger charge is -2.39. The summed E-state index contributed by atoms with van der Waals surface area (Å²) >= 11 is 0. The van der Waals surface area contributed by atoms with E-state index in [4.69, 9.17) is 9.78 Å². The van der Waals surface area contributed by atoms with Crippen LogP contribution in [0, 0.1) is 5.92 Å². The normalized spacial score (nSPS) is 34.7. The van der Waals surface area contributed by atoms with Gasteiger partial charge >= 0.3 is 6.03 Å². The Hall–Kier alpha value is -1.46. The highest BCUT2D eigenvalue weighted by atomic mass is 17.2. The Labute approximate surface area is 172 Å². The van der Waals surface area contributed by atoms with E-state index in [2.05, 4.69) is 38.8 Å². The monoisotopic (exact) mass is 412 g/mol. The van der Waals surface area contributed by atoms with Gasteiger partial charge in [-0.3, -0.25) is 15.4 Å². The fourth-order valence-corrected chi connectivity index (χ4v) is 4.37. The average molecular weight is 413 g/mol. The van der Waals surface area contributed by atoms with Gasteiger partial charge in [0.1, 0.15) is 6.29 Å². The lowest BCUT2D eigenvalue weighted by molar-refractivity contribution is -0.362. The van der Waals surface area contributed by atoms with Crippen molar-refractivity contribution in [2.24, 2.45) is 5.92 Å². The van der Waals surface area contributed by atoms with E-state index in [1.807, 2.05) is 0 Å². The van der Waals surface area contributed by atoms with Crippen molar-refractivity contribution in [3.8, 4) is 0 Å². The predicted molar refractivity (Wildman–Crippen MR) is 107 cm³/mol. The number of hydrogen-bond acceptors (Lipinski definition) is 7. The Morgan fingerprint density at radius 2 is 1.93 bits per heavy atom. The van der Waals surface area contributed by atoms with Crippen LogP contribution in [0.3, 0.4) is 0 Å². The number of hydrogen-bond donors (Lipinski definition) is 6. The van der Waals surface area contributed by atoms with Crippen LogP contribution in [0.4, 0.5) is 4.79 Å². The van der Waals surface area contributed by atoms with Crippen LogP contribution >= 0.6 is 0 Å². The summed E-state index contributed by atoms with van der Waals surface area (Å²) in [5.74, 6) is 0.451. The van der Waals surface area contributed by atoms with Crippen LogP contribution in [-0.4, -0.2) is 62.3 Å². The molecule has 166 valence electrons. The van der Waals surface area contributed by atoms with E-state index in [9.17, 15) is 9.59 Å². The van der Waals surface area contributed by atoms with Gasteiger partial charge < -0.3 is 21.3 Å². The second kappa shape index (κ2) is 11.1. The summed E-state index contributed by atoms with van der Waals surface area (Å²) in [7, 11) is 0. The van der Waals surface area contributed by atoms with Crippen LogP contribution in [0.1, 0.15) is 52.4 Å². The molecule has 3 amide bonds. The Morgan fingerprint density at radius 1 is 1.07 bits per heavy atom. The third-order valence-corrected chi connectivity index (χ3v) is 5.81. The van der Waals surface area contributed by atoms with E-state index >= 15 is 0 Å². The van der Waals surface area contributed by atoms with Crippen LogP contribution in [0.25, 0.3) is 0 Å². The van der Waals surface area contributed by atoms with Crippen molar-refractivity contribution >= 4 is 11.9 Å². The molecule has 2 saturated heterocycles. The van der Waals surface area contributed by atoms with Gasteiger partial charge in [-0.25, -0.2) is 14.6 Å². The van der Waals surface area contributed by atoms with Gasteiger partial charge in [-0.2, -0.15) is 0 Å². The van der Waals surface area contributed by atoms with Crippen LogP contribution in [0.5, 0.6) is 0 Å². The van der Waals surface area contributed by atoms with E-state index in [1.165, 1.54) is 6.92 Å². The molecule has 0 bridgehead atoms. The molecule has 29 heavy (non-hydrogen) atoms. The molecule has 1 aliphatic carbocycles. The molecule has 6 N–H and O–H groups in total. The van der Waals surface area contributed by atoms with Gasteiger partial charge in [0, 0.05) is 25.6 Å². The highest BCUT2D eigenvalue weighted by Gasteiger charge is 2.35. The third-order valence-electron chi connectivity index (χ3n) is 5.81. The quantitative estimate of drug-likeness (QED) is 0.254. The summed E-state index contributed by atoms with van der Waals surface area (Å²) in [5.41, 5.74) is 0. The van der Waals surface area contributed by atoms with E-state index in [1.54, 1.807) is 0 Å². The van der Waals surface area contributed by atoms with Crippen LogP contribution in [-0.2, 0) is 14.6 Å². The van der Waals surface area contributed by atoms with Crippen LogP contribution in [0.15, 0.2) is 0 Å². The molecule has 2 aliphatic heterocycles. The van der Waals surface area contributed by atoms with Crippen molar-refractivity contribution in [1.82, 2.24) is 31.9 Å². The number of rotatable bonds is 7. The van der Waals surface area contributed by atoms with E-state index in [-0.39, 0.29) is 42.6 Å². The molecule has 10 nitrogen and oxygen atoms in total. The van der Waals surface area contributed by atoms with Crippen molar-refractivity contribution in [2.45, 2.75) is 83.0 Å². The summed E-state index contributed by atoms with van der Waals surface area (Å²) in [5, 5.41) is 19.1. The zero-order chi connectivity index (χ0) is 20.6. The standard InChI is InChI=1S/C19H36N6O4/c1-12-10-17(21-8-3-7-20-13(2)26)24-18(22-12)25-19(27)23-15-4-5-16-14(11-15)6-9-28-29-16/h12,14-18,21-22,24H,3-11H2,1-2H3,(H,20,26)(H2,23,25,27). The van der Waals surface area contributed by atoms with Crippen molar-refractivity contribution in [3.63, 3.8) is 0 Å². The van der Waals surface area contributed by atoms with Crippen molar-refractivity contribution < 1.29 is 19.4 Å². The second-order valence-corrected chi connectivity index (χ2v) is 8.38. The van der Waals surface area contributed by atoms with Gasteiger partial charge in [0.2, 0.25) is 5.91 Å². The van der Waals surface area contributed by atoms with Gasteiger partial charge in [0.15, 0.2) is 0 Å². The Kier molecular flexibility index (Phi) is 8.49. The number of nitrogens with one attached hydrogen (secondary N) is 6. The van der Waals surface area contributed by atoms with Gasteiger partial charge in [-0.15, -0.1) is 0 Å². The van der Waals surface area contributed by atoms with E-state index < -0.39 is 0 Å². The molecule has 0 aromatic rings. The predicted octanol–water partition coefficient (Wildman–Crippen LogP) is -0.128. The second-order valence-electron chi connectivity index (χ2n) is 8.38. The minimum Gasteiger partial charge on any atom is -0.356 e. The zero-order valence-corrected chi connectivity index (χ0v) is 17.5. The number of fused-ring (bicyclic) bond motifs is 1. The third kappa shape index (κ3) is 7.38. The first-order valence-corrected chi connectivity index (χ1v) is 10.8. The number of amides is 3. The van der Waals surface area contributed by atoms with Gasteiger partial charge in [0.05, 0.1) is 18.9 Å². The van der Waals surface area contributed by atoms with Crippen molar-refractivity contribution in [3.05, 3.63) is 0 Å². The maximum atomic E-state index is 12.5. The lowest BCUT2D eigenvalue weighted by Crippen LogP contribution is -2.68. The number of urea groups is 1. The highest BCUT2D eigenvalue weighted by Crippen LogP contribution is 2.32. The van der Waals surface area contributed by atoms with Crippen LogP contribution in [0.2, 0.25) is 0 Å². The summed E-state index contributed by atoms with van der Waals surface area (Å²) in [6.07, 6.45) is 5.48. The highest BCUT2D eigenvalue weighted by molar-refractivity contribution is 5.74. The molecule has 6 unspecified atom stereocenters. The SMILES string of the molecule is CC(=O)NCCCNC1CC(C)NC(NC(=O)NC2CCC3OOCCC3C2)N1. The molecule has 0 spiro atoms. The fourth-order valence-electron chi connectivity index (χ4n) is 4.37. The molecule has 6 atom stereocenters. The fraction of sp³-hybridized carbons (Fsp3) is 0.895. The first kappa shape index (κ1) is 22.2. The Morgan fingerprint density at radius 3 is 2.76 bits per heavy atom. The molecule has 10 heteroatoms. The van der Waals surface area contributed by atoms with Gasteiger partial charge in [0.25, 0.3) is 0 Å². The molecular weight excluding hydrogens is 376 g/mol. The molecule has 3 fully saturated rings. The largest absolute Gasteiger partial charge is 0.356 e. The van der Waals surface area contributed by atoms with Crippen molar-refractivity contribution in [1.29, 1.82) is 0 Å². The summed E-state index contributed by atoms with van der Waals surface area (Å²) in [6, 6.07) is 0.274. The molecule has 2 heterocycles. The molecular formula is C19H36N6O4. The molecule has 0 aromatic heterocycles. The average Bonchev–Trinajstić information content (AvgIpc) is 2.67. The first-order valence-electron chi connectivity index (χ1n) is 10.8. The lowest BCUT2D eigenvalue weighted by atomic mass is 9.81. The minimum atomic E-state index is -0.297. The molecule has 0 aromatic carbocycles. The molecule has 1 saturated carbocycles. The number of carbonyl (C=O) groups is 2. The number of carbonyl (C=O) groups excluding carboxylic acids is 2. The molecule has 0 radical (unpaired) electrons. The Balaban J connectivity index is 1.36. The maximum absolute atomic E-state index is 12.5. The Bertz CT molecular complexity index is 551. The molecule has 3 aliphatic rings. The maximum Gasteiger partial charge on any atom is 0.317 e. The van der Waals surface area contributed by atoms with Gasteiger partial charge in [-0.1, -0.05) is 0 Å². The van der Waals surface area contributed by atoms with Crippen molar-refractivity contribution in [2.75, 3.05) is 19.7 Å². The summed E-state index contributed by atoms with van der Waals surface area (Å²) in [6.45, 7) is 5.71. The smallest absolute Gasteiger partial charge is 0.317 e. The van der Waals surface area contributed by atoms with Gasteiger partial charge in [-0.05, 0) is 57.9 Å². The zero-order valence-electron chi connectivity index (χ0n) is 17.5. The summed E-state index contributed by atoms with van der Waals surface area (Å²) < 4.78 is 0. The first-order chi connectivity index (χ1) is 14.0. The molecule has 3 rings (SSSR count). The summed E-state index contributed by atoms with van der Waals surface area (Å²) in [4.78, 5) is 33.8. The van der Waals surface area contributed by atoms with E-state index in [0.717, 1.165) is 45.1 Å². The van der Waals surface area contributed by atoms with Crippen LogP contribution < -0.4 is 31.9 Å². The van der Waals surface area contributed by atoms with E-state index in [0.29, 0.717) is 19.1 Å². The minimum absolute atomic E-state index is 0.00766. The topological polar surface area (TPSA) is 125 Å².